The van der Waals surface area contributed by atoms with Crippen LogP contribution in [0.4, 0.5) is 10.1 Å². The summed E-state index contributed by atoms with van der Waals surface area (Å²) in [6, 6.07) is 6.12. The summed E-state index contributed by atoms with van der Waals surface area (Å²) in [5.74, 6) is -0.292. The molecule has 1 atom stereocenters. The molecular weight excluding hydrogens is 197 g/mol. The normalized spacial score (nSPS) is 12.5. The number of nitrogens with one attached hydrogen (secondary N) is 1. The van der Waals surface area contributed by atoms with Gasteiger partial charge in [0, 0.05) is 18.8 Å². The molecule has 3 nitrogen and oxygen atoms in total. The zero-order valence-corrected chi connectivity index (χ0v) is 8.74. The number of benzene rings is 1. The van der Waals surface area contributed by atoms with Crippen molar-refractivity contribution in [3.8, 4) is 0 Å². The van der Waals surface area contributed by atoms with Gasteiger partial charge in [-0.15, -0.1) is 0 Å². The average Bonchev–Trinajstić information content (AvgIpc) is 2.23. The maximum Gasteiger partial charge on any atom is 0.125 e. The molecule has 0 saturated heterocycles. The fraction of sp³-hybridized carbons (Fsp3) is 0.455. The zero-order valence-electron chi connectivity index (χ0n) is 8.74. The molecule has 2 N–H and O–H groups in total. The zero-order chi connectivity index (χ0) is 11.1. The predicted octanol–water partition coefficient (Wildman–Crippen LogP) is 1.64. The standard InChI is InChI=1S/C11H16FNO2/c1-2-15-8-11(14)7-13-10-5-3-4-9(12)6-10/h3-6,11,13-14H,2,7-8H2,1H3. The lowest BCUT2D eigenvalue weighted by Crippen LogP contribution is -2.24. The van der Waals surface area contributed by atoms with Crippen molar-refractivity contribution in [2.45, 2.75) is 13.0 Å². The molecule has 0 heterocycles. The molecule has 0 aliphatic rings. The van der Waals surface area contributed by atoms with E-state index >= 15 is 0 Å². The number of hydrogen-bond donors (Lipinski definition) is 2. The summed E-state index contributed by atoms with van der Waals surface area (Å²) in [7, 11) is 0. The van der Waals surface area contributed by atoms with E-state index in [-0.39, 0.29) is 5.82 Å². The Balaban J connectivity index is 2.30. The Bertz CT molecular complexity index is 294. The highest BCUT2D eigenvalue weighted by Crippen LogP contribution is 2.08. The van der Waals surface area contributed by atoms with Gasteiger partial charge in [0.05, 0.1) is 12.7 Å². The Morgan fingerprint density at radius 2 is 2.33 bits per heavy atom. The summed E-state index contributed by atoms with van der Waals surface area (Å²) in [5, 5.41) is 12.4. The van der Waals surface area contributed by atoms with Crippen LogP contribution >= 0.6 is 0 Å². The molecule has 1 rings (SSSR count). The van der Waals surface area contributed by atoms with E-state index in [1.807, 2.05) is 6.92 Å². The lowest BCUT2D eigenvalue weighted by atomic mass is 10.3. The van der Waals surface area contributed by atoms with Gasteiger partial charge in [0.15, 0.2) is 0 Å². The largest absolute Gasteiger partial charge is 0.389 e. The van der Waals surface area contributed by atoms with Gasteiger partial charge in [-0.25, -0.2) is 4.39 Å². The smallest absolute Gasteiger partial charge is 0.125 e. The Kier molecular flexibility index (Phi) is 5.07. The minimum Gasteiger partial charge on any atom is -0.389 e. The SMILES string of the molecule is CCOCC(O)CNc1cccc(F)c1. The van der Waals surface area contributed by atoms with Crippen molar-refractivity contribution >= 4 is 5.69 Å². The van der Waals surface area contributed by atoms with Crippen molar-refractivity contribution in [3.05, 3.63) is 30.1 Å². The van der Waals surface area contributed by atoms with Crippen LogP contribution in [0.25, 0.3) is 0 Å². The van der Waals surface area contributed by atoms with Crippen LogP contribution < -0.4 is 5.32 Å². The van der Waals surface area contributed by atoms with E-state index in [2.05, 4.69) is 5.32 Å². The minimum atomic E-state index is -0.576. The number of anilines is 1. The highest BCUT2D eigenvalue weighted by atomic mass is 19.1. The quantitative estimate of drug-likeness (QED) is 0.754. The van der Waals surface area contributed by atoms with Crippen LogP contribution in [0, 0.1) is 5.82 Å². The molecule has 0 aliphatic heterocycles. The molecule has 0 amide bonds. The Morgan fingerprint density at radius 3 is 3.00 bits per heavy atom. The van der Waals surface area contributed by atoms with Gasteiger partial charge >= 0.3 is 0 Å². The van der Waals surface area contributed by atoms with Crippen molar-refractivity contribution in [2.75, 3.05) is 25.1 Å². The van der Waals surface area contributed by atoms with E-state index in [1.54, 1.807) is 12.1 Å². The van der Waals surface area contributed by atoms with E-state index in [0.717, 1.165) is 0 Å². The molecule has 1 aromatic rings. The second kappa shape index (κ2) is 6.37. The van der Waals surface area contributed by atoms with E-state index in [0.29, 0.717) is 25.4 Å². The van der Waals surface area contributed by atoms with E-state index in [1.165, 1.54) is 12.1 Å². The highest BCUT2D eigenvalue weighted by Gasteiger charge is 2.03. The van der Waals surface area contributed by atoms with Gasteiger partial charge in [0.25, 0.3) is 0 Å². The fourth-order valence-electron chi connectivity index (χ4n) is 1.15. The molecule has 0 aromatic heterocycles. The summed E-state index contributed by atoms with van der Waals surface area (Å²) >= 11 is 0. The van der Waals surface area contributed by atoms with Crippen LogP contribution in [0.15, 0.2) is 24.3 Å². The van der Waals surface area contributed by atoms with Crippen LogP contribution in [-0.4, -0.2) is 31.0 Å². The van der Waals surface area contributed by atoms with Gasteiger partial charge < -0.3 is 15.2 Å². The molecule has 1 aromatic carbocycles. The molecule has 84 valence electrons. The first-order chi connectivity index (χ1) is 7.22. The van der Waals surface area contributed by atoms with Gasteiger partial charge in [-0.2, -0.15) is 0 Å². The monoisotopic (exact) mass is 213 g/mol. The van der Waals surface area contributed by atoms with Gasteiger partial charge in [0.2, 0.25) is 0 Å². The molecule has 0 radical (unpaired) electrons. The summed E-state index contributed by atoms with van der Waals surface area (Å²) in [5.41, 5.74) is 0.658. The van der Waals surface area contributed by atoms with Crippen molar-refractivity contribution in [2.24, 2.45) is 0 Å². The Morgan fingerprint density at radius 1 is 1.53 bits per heavy atom. The van der Waals surface area contributed by atoms with E-state index in [4.69, 9.17) is 4.74 Å². The second-order valence-corrected chi connectivity index (χ2v) is 3.20. The lowest BCUT2D eigenvalue weighted by molar-refractivity contribution is 0.0496. The number of ether oxygens (including phenoxy) is 1. The number of aliphatic hydroxyl groups excluding tert-OH is 1. The van der Waals surface area contributed by atoms with Gasteiger partial charge in [0.1, 0.15) is 5.82 Å². The van der Waals surface area contributed by atoms with E-state index in [9.17, 15) is 9.50 Å². The van der Waals surface area contributed by atoms with Crippen molar-refractivity contribution in [1.82, 2.24) is 0 Å². The molecule has 0 bridgehead atoms. The third kappa shape index (κ3) is 4.76. The first-order valence-corrected chi connectivity index (χ1v) is 4.97. The fourth-order valence-corrected chi connectivity index (χ4v) is 1.15. The van der Waals surface area contributed by atoms with Crippen molar-refractivity contribution in [3.63, 3.8) is 0 Å². The van der Waals surface area contributed by atoms with Crippen LogP contribution in [0.1, 0.15) is 6.92 Å². The Labute approximate surface area is 88.9 Å². The molecule has 1 unspecified atom stereocenters. The Hall–Kier alpha value is -1.13. The summed E-state index contributed by atoms with van der Waals surface area (Å²) in [6.45, 7) is 3.09. The van der Waals surface area contributed by atoms with Crippen LogP contribution in [-0.2, 0) is 4.74 Å². The molecule has 0 fully saturated rings. The van der Waals surface area contributed by atoms with Crippen LogP contribution in [0.2, 0.25) is 0 Å². The molecule has 0 spiro atoms. The first kappa shape index (κ1) is 11.9. The number of aliphatic hydroxyl groups is 1. The van der Waals surface area contributed by atoms with Crippen molar-refractivity contribution < 1.29 is 14.2 Å². The summed E-state index contributed by atoms with van der Waals surface area (Å²) in [6.07, 6.45) is -0.576. The van der Waals surface area contributed by atoms with Gasteiger partial charge in [-0.1, -0.05) is 6.07 Å². The highest BCUT2D eigenvalue weighted by molar-refractivity contribution is 5.43. The second-order valence-electron chi connectivity index (χ2n) is 3.20. The molecule has 4 heteroatoms. The average molecular weight is 213 g/mol. The topological polar surface area (TPSA) is 41.5 Å². The number of hydrogen-bond acceptors (Lipinski definition) is 3. The maximum atomic E-state index is 12.8. The predicted molar refractivity (Wildman–Crippen MR) is 57.4 cm³/mol. The van der Waals surface area contributed by atoms with Crippen molar-refractivity contribution in [1.29, 1.82) is 0 Å². The van der Waals surface area contributed by atoms with Gasteiger partial charge in [-0.05, 0) is 25.1 Å². The molecular formula is C11H16FNO2. The lowest BCUT2D eigenvalue weighted by Gasteiger charge is -2.12. The van der Waals surface area contributed by atoms with Crippen LogP contribution in [0.3, 0.4) is 0 Å². The molecule has 0 aliphatic carbocycles. The minimum absolute atomic E-state index is 0.290. The molecule has 0 saturated carbocycles. The number of halogens is 1. The molecule has 15 heavy (non-hydrogen) atoms. The van der Waals surface area contributed by atoms with Gasteiger partial charge in [-0.3, -0.25) is 0 Å². The summed E-state index contributed by atoms with van der Waals surface area (Å²) in [4.78, 5) is 0. The third-order valence-corrected chi connectivity index (χ3v) is 1.88. The summed E-state index contributed by atoms with van der Waals surface area (Å²) < 4.78 is 17.8. The maximum absolute atomic E-state index is 12.8. The third-order valence-electron chi connectivity index (χ3n) is 1.88. The number of rotatable bonds is 6. The van der Waals surface area contributed by atoms with Crippen LogP contribution in [0.5, 0.6) is 0 Å². The first-order valence-electron chi connectivity index (χ1n) is 4.97. The van der Waals surface area contributed by atoms with E-state index < -0.39 is 6.10 Å².